The quantitative estimate of drug-likeness (QED) is 0.488. The predicted molar refractivity (Wildman–Crippen MR) is 79.7 cm³/mol. The molecule has 0 bridgehead atoms. The van der Waals surface area contributed by atoms with Crippen LogP contribution in [0.25, 0.3) is 0 Å². The first kappa shape index (κ1) is 15.1. The molecule has 0 aromatic rings. The van der Waals surface area contributed by atoms with Crippen molar-refractivity contribution in [3.05, 3.63) is 35.1 Å². The Kier molecular flexibility index (Phi) is 6.85. The topological polar surface area (TPSA) is 20.2 Å². The van der Waals surface area contributed by atoms with Crippen molar-refractivity contribution in [3.8, 4) is 0 Å². The van der Waals surface area contributed by atoms with Crippen LogP contribution < -0.4 is 0 Å². The maximum atomic E-state index is 8.96. The molecule has 0 amide bonds. The summed E-state index contributed by atoms with van der Waals surface area (Å²) in [7, 11) is 0. The van der Waals surface area contributed by atoms with E-state index in [-0.39, 0.29) is 0 Å². The summed E-state index contributed by atoms with van der Waals surface area (Å²) in [6.07, 6.45) is 14.3. The van der Waals surface area contributed by atoms with Crippen molar-refractivity contribution in [1.29, 1.82) is 0 Å². The van der Waals surface area contributed by atoms with E-state index < -0.39 is 0 Å². The third-order valence-electron chi connectivity index (χ3n) is 3.82. The fourth-order valence-corrected chi connectivity index (χ4v) is 2.47. The number of hydrogen-bond donors (Lipinski definition) is 1. The van der Waals surface area contributed by atoms with Crippen LogP contribution in [-0.4, -0.2) is 5.11 Å². The molecule has 1 aliphatic carbocycles. The molecule has 0 aromatic carbocycles. The van der Waals surface area contributed by atoms with E-state index in [1.54, 1.807) is 0 Å². The lowest BCUT2D eigenvalue weighted by Crippen LogP contribution is -2.07. The van der Waals surface area contributed by atoms with Crippen molar-refractivity contribution in [3.63, 3.8) is 0 Å². The zero-order valence-corrected chi connectivity index (χ0v) is 12.2. The van der Waals surface area contributed by atoms with Crippen LogP contribution in [0, 0.1) is 5.92 Å². The van der Waals surface area contributed by atoms with E-state index in [0.29, 0.717) is 0 Å². The molecule has 0 aromatic heterocycles. The highest BCUT2D eigenvalue weighted by Gasteiger charge is 2.15. The minimum absolute atomic E-state index is 0.826. The normalized spacial score (nSPS) is 20.7. The van der Waals surface area contributed by atoms with E-state index in [2.05, 4.69) is 32.9 Å². The number of allylic oxidation sites excluding steroid dienone is 5. The summed E-state index contributed by atoms with van der Waals surface area (Å²) in [4.78, 5) is 0. The Morgan fingerprint density at radius 2 is 1.83 bits per heavy atom. The van der Waals surface area contributed by atoms with Crippen LogP contribution in [0.1, 0.15) is 65.7 Å². The van der Waals surface area contributed by atoms with E-state index in [1.807, 2.05) is 0 Å². The summed E-state index contributed by atoms with van der Waals surface area (Å²) in [5, 5.41) is 8.96. The minimum atomic E-state index is 0.826. The van der Waals surface area contributed by atoms with E-state index in [0.717, 1.165) is 18.8 Å². The lowest BCUT2D eigenvalue weighted by Gasteiger charge is -2.22. The maximum Gasteiger partial charge on any atom is 0.0783 e. The molecule has 1 heteroatoms. The van der Waals surface area contributed by atoms with Gasteiger partial charge in [-0.3, -0.25) is 0 Å². The minimum Gasteiger partial charge on any atom is -0.516 e. The molecule has 1 saturated carbocycles. The number of aliphatic hydroxyl groups is 1. The second-order valence-corrected chi connectivity index (χ2v) is 5.84. The van der Waals surface area contributed by atoms with Gasteiger partial charge in [-0.1, -0.05) is 23.3 Å². The SMILES string of the molecule is CC(C)=CCC/C(C)=C/CC1CCC(=CO)CC1. The predicted octanol–water partition coefficient (Wildman–Crippen LogP) is 5.70. The summed E-state index contributed by atoms with van der Waals surface area (Å²) in [5.74, 6) is 0.826. The Hall–Kier alpha value is -0.980. The molecule has 0 spiro atoms. The van der Waals surface area contributed by atoms with Crippen molar-refractivity contribution in [2.75, 3.05) is 0 Å². The lowest BCUT2D eigenvalue weighted by molar-refractivity contribution is 0.391. The molecular formula is C17H28O. The monoisotopic (exact) mass is 248 g/mol. The molecule has 0 unspecified atom stereocenters. The van der Waals surface area contributed by atoms with Gasteiger partial charge in [0.05, 0.1) is 6.26 Å². The molecule has 0 saturated heterocycles. The van der Waals surface area contributed by atoms with Gasteiger partial charge in [0.2, 0.25) is 0 Å². The Balaban J connectivity index is 2.25. The maximum absolute atomic E-state index is 8.96. The van der Waals surface area contributed by atoms with E-state index in [1.165, 1.54) is 55.1 Å². The first-order valence-corrected chi connectivity index (χ1v) is 7.23. The summed E-state index contributed by atoms with van der Waals surface area (Å²) >= 11 is 0. The van der Waals surface area contributed by atoms with Gasteiger partial charge < -0.3 is 5.11 Å². The molecule has 1 nitrogen and oxygen atoms in total. The molecule has 1 rings (SSSR count). The molecule has 18 heavy (non-hydrogen) atoms. The number of hydrogen-bond acceptors (Lipinski definition) is 1. The fraction of sp³-hybridized carbons (Fsp3) is 0.647. The van der Waals surface area contributed by atoms with Gasteiger partial charge in [-0.15, -0.1) is 0 Å². The summed E-state index contributed by atoms with van der Waals surface area (Å²) in [6, 6.07) is 0. The third kappa shape index (κ3) is 6.09. The lowest BCUT2D eigenvalue weighted by atomic mass is 9.84. The van der Waals surface area contributed by atoms with Crippen molar-refractivity contribution in [1.82, 2.24) is 0 Å². The van der Waals surface area contributed by atoms with Crippen molar-refractivity contribution >= 4 is 0 Å². The van der Waals surface area contributed by atoms with Crippen molar-refractivity contribution in [2.45, 2.75) is 65.7 Å². The first-order valence-electron chi connectivity index (χ1n) is 7.23. The van der Waals surface area contributed by atoms with Crippen molar-refractivity contribution in [2.24, 2.45) is 5.92 Å². The summed E-state index contributed by atoms with van der Waals surface area (Å²) in [6.45, 7) is 6.57. The Bertz CT molecular complexity index is 320. The van der Waals surface area contributed by atoms with Gasteiger partial charge in [-0.25, -0.2) is 0 Å². The highest BCUT2D eigenvalue weighted by molar-refractivity contribution is 5.05. The van der Waals surface area contributed by atoms with Crippen LogP contribution in [0.3, 0.4) is 0 Å². The molecule has 0 aliphatic heterocycles. The van der Waals surface area contributed by atoms with Crippen LogP contribution in [0.15, 0.2) is 35.1 Å². The highest BCUT2D eigenvalue weighted by atomic mass is 16.2. The summed E-state index contributed by atoms with van der Waals surface area (Å²) < 4.78 is 0. The smallest absolute Gasteiger partial charge is 0.0783 e. The van der Waals surface area contributed by atoms with Gasteiger partial charge in [0, 0.05) is 0 Å². The van der Waals surface area contributed by atoms with Crippen LogP contribution in [0.5, 0.6) is 0 Å². The van der Waals surface area contributed by atoms with E-state index >= 15 is 0 Å². The standard InChI is InChI=1S/C17H28O/c1-14(2)5-4-6-15(3)7-8-16-9-11-17(13-18)12-10-16/h5,7,13,16,18H,4,6,8-12H2,1-3H3/b15-7+,17-13?. The Morgan fingerprint density at radius 1 is 1.17 bits per heavy atom. The molecule has 1 N–H and O–H groups in total. The molecule has 102 valence electrons. The fourth-order valence-electron chi connectivity index (χ4n) is 2.47. The zero-order chi connectivity index (χ0) is 13.4. The van der Waals surface area contributed by atoms with Crippen LogP contribution in [0.2, 0.25) is 0 Å². The molecular weight excluding hydrogens is 220 g/mol. The Labute approximate surface area is 112 Å². The van der Waals surface area contributed by atoms with Gasteiger partial charge in [0.1, 0.15) is 0 Å². The van der Waals surface area contributed by atoms with Gasteiger partial charge in [0.15, 0.2) is 0 Å². The largest absolute Gasteiger partial charge is 0.516 e. The highest BCUT2D eigenvalue weighted by Crippen LogP contribution is 2.30. The van der Waals surface area contributed by atoms with Gasteiger partial charge in [-0.2, -0.15) is 0 Å². The van der Waals surface area contributed by atoms with Crippen molar-refractivity contribution < 1.29 is 5.11 Å². The molecule has 0 atom stereocenters. The molecule has 1 aliphatic rings. The second kappa shape index (κ2) is 8.18. The van der Waals surface area contributed by atoms with Gasteiger partial charge in [-0.05, 0) is 77.2 Å². The zero-order valence-electron chi connectivity index (χ0n) is 12.2. The van der Waals surface area contributed by atoms with Crippen LogP contribution in [0.4, 0.5) is 0 Å². The van der Waals surface area contributed by atoms with Gasteiger partial charge >= 0.3 is 0 Å². The average molecular weight is 248 g/mol. The van der Waals surface area contributed by atoms with E-state index in [9.17, 15) is 0 Å². The van der Waals surface area contributed by atoms with Crippen LogP contribution in [-0.2, 0) is 0 Å². The van der Waals surface area contributed by atoms with Crippen LogP contribution >= 0.6 is 0 Å². The van der Waals surface area contributed by atoms with E-state index in [4.69, 9.17) is 5.11 Å². The third-order valence-corrected chi connectivity index (χ3v) is 3.82. The van der Waals surface area contributed by atoms with Gasteiger partial charge in [0.25, 0.3) is 0 Å². The second-order valence-electron chi connectivity index (χ2n) is 5.84. The number of rotatable bonds is 5. The average Bonchev–Trinajstić information content (AvgIpc) is 2.36. The first-order chi connectivity index (χ1) is 8.61. The molecule has 0 heterocycles. The molecule has 1 fully saturated rings. The molecule has 0 radical (unpaired) electrons. The Morgan fingerprint density at radius 3 is 2.39 bits per heavy atom. The summed E-state index contributed by atoms with van der Waals surface area (Å²) in [5.41, 5.74) is 4.17. The number of aliphatic hydroxyl groups excluding tert-OH is 1.